The molecular weight excluding hydrogens is 250 g/mol. The molecule has 1 atom stereocenters. The van der Waals surface area contributed by atoms with Crippen LogP contribution in [0.3, 0.4) is 0 Å². The number of aliphatic hydroxyl groups is 1. The van der Waals surface area contributed by atoms with Crippen LogP contribution in [0.25, 0.3) is 0 Å². The largest absolute Gasteiger partial charge is 0.396 e. The number of allylic oxidation sites excluding steroid dienone is 1. The Bertz CT molecular complexity index is 453. The van der Waals surface area contributed by atoms with Crippen molar-refractivity contribution in [3.8, 4) is 0 Å². The van der Waals surface area contributed by atoms with E-state index in [2.05, 4.69) is 11.4 Å². The van der Waals surface area contributed by atoms with Crippen LogP contribution in [0.15, 0.2) is 42.0 Å². The zero-order valence-electron chi connectivity index (χ0n) is 11.8. The number of rotatable bonds is 6. The summed E-state index contributed by atoms with van der Waals surface area (Å²) in [5.41, 5.74) is 2.30. The van der Waals surface area contributed by atoms with Gasteiger partial charge in [0, 0.05) is 13.0 Å². The highest BCUT2D eigenvalue weighted by Gasteiger charge is 2.15. The summed E-state index contributed by atoms with van der Waals surface area (Å²) in [6.45, 7) is 0.0720. The maximum absolute atomic E-state index is 12.1. The van der Waals surface area contributed by atoms with Crippen LogP contribution in [-0.4, -0.2) is 17.6 Å². The zero-order chi connectivity index (χ0) is 14.2. The molecule has 108 valence electrons. The van der Waals surface area contributed by atoms with Gasteiger partial charge in [-0.15, -0.1) is 0 Å². The van der Waals surface area contributed by atoms with Crippen molar-refractivity contribution < 1.29 is 9.90 Å². The van der Waals surface area contributed by atoms with Gasteiger partial charge in [-0.1, -0.05) is 42.0 Å². The third-order valence-electron chi connectivity index (χ3n) is 3.73. The van der Waals surface area contributed by atoms with Gasteiger partial charge in [0.25, 0.3) is 0 Å². The maximum Gasteiger partial charge on any atom is 0.224 e. The Kier molecular flexibility index (Phi) is 5.81. The number of aliphatic hydroxyl groups excluding tert-OH is 1. The Morgan fingerprint density at radius 1 is 1.25 bits per heavy atom. The highest BCUT2D eigenvalue weighted by Crippen LogP contribution is 2.21. The van der Waals surface area contributed by atoms with Crippen molar-refractivity contribution in [1.29, 1.82) is 0 Å². The fraction of sp³-hybridized carbons (Fsp3) is 0.471. The Labute approximate surface area is 120 Å². The van der Waals surface area contributed by atoms with Crippen LogP contribution in [-0.2, 0) is 4.79 Å². The molecule has 0 aromatic heterocycles. The van der Waals surface area contributed by atoms with E-state index in [-0.39, 0.29) is 18.6 Å². The SMILES string of the molecule is O=C(CC1=CCCCC1)NC(CCO)c1ccccc1. The van der Waals surface area contributed by atoms with E-state index < -0.39 is 0 Å². The summed E-state index contributed by atoms with van der Waals surface area (Å²) in [4.78, 5) is 12.1. The highest BCUT2D eigenvalue weighted by atomic mass is 16.3. The molecule has 1 aliphatic rings. The first-order valence-corrected chi connectivity index (χ1v) is 7.42. The van der Waals surface area contributed by atoms with Gasteiger partial charge in [-0.25, -0.2) is 0 Å². The first kappa shape index (κ1) is 14.8. The lowest BCUT2D eigenvalue weighted by Crippen LogP contribution is -2.29. The maximum atomic E-state index is 12.1. The standard InChI is InChI=1S/C17H23NO2/c19-12-11-16(15-9-5-2-6-10-15)18-17(20)13-14-7-3-1-4-8-14/h2,5-7,9-10,16,19H,1,3-4,8,11-13H2,(H,18,20). The van der Waals surface area contributed by atoms with Gasteiger partial charge in [0.1, 0.15) is 0 Å². The second-order valence-electron chi connectivity index (χ2n) is 5.33. The van der Waals surface area contributed by atoms with E-state index in [0.29, 0.717) is 12.8 Å². The molecule has 0 aliphatic heterocycles. The summed E-state index contributed by atoms with van der Waals surface area (Å²) < 4.78 is 0. The first-order chi connectivity index (χ1) is 9.79. The van der Waals surface area contributed by atoms with Crippen LogP contribution in [0.5, 0.6) is 0 Å². The van der Waals surface area contributed by atoms with Crippen LogP contribution in [0.4, 0.5) is 0 Å². The molecule has 0 saturated carbocycles. The Hall–Kier alpha value is -1.61. The molecule has 0 bridgehead atoms. The second kappa shape index (κ2) is 7.85. The van der Waals surface area contributed by atoms with E-state index in [1.165, 1.54) is 18.4 Å². The first-order valence-electron chi connectivity index (χ1n) is 7.42. The summed E-state index contributed by atoms with van der Waals surface area (Å²) in [5.74, 6) is 0.0560. The molecule has 0 spiro atoms. The number of carbonyl (C=O) groups is 1. The minimum absolute atomic E-state index is 0.0560. The molecule has 20 heavy (non-hydrogen) atoms. The average molecular weight is 273 g/mol. The number of amides is 1. The quantitative estimate of drug-likeness (QED) is 0.782. The van der Waals surface area contributed by atoms with Gasteiger partial charge in [0.15, 0.2) is 0 Å². The van der Waals surface area contributed by atoms with E-state index >= 15 is 0 Å². The summed E-state index contributed by atoms with van der Waals surface area (Å²) in [7, 11) is 0. The van der Waals surface area contributed by atoms with Crippen LogP contribution in [0, 0.1) is 0 Å². The van der Waals surface area contributed by atoms with Crippen molar-refractivity contribution in [3.63, 3.8) is 0 Å². The molecular formula is C17H23NO2. The molecule has 1 amide bonds. The minimum Gasteiger partial charge on any atom is -0.396 e. The van der Waals surface area contributed by atoms with Crippen LogP contribution in [0.2, 0.25) is 0 Å². The van der Waals surface area contributed by atoms with Crippen molar-refractivity contribution in [3.05, 3.63) is 47.5 Å². The van der Waals surface area contributed by atoms with E-state index in [4.69, 9.17) is 5.11 Å². The lowest BCUT2D eigenvalue weighted by Gasteiger charge is -2.19. The van der Waals surface area contributed by atoms with Crippen LogP contribution in [0.1, 0.15) is 50.1 Å². The van der Waals surface area contributed by atoms with Crippen molar-refractivity contribution in [2.24, 2.45) is 0 Å². The zero-order valence-corrected chi connectivity index (χ0v) is 11.8. The summed E-state index contributed by atoms with van der Waals surface area (Å²) in [5, 5.41) is 12.2. The third-order valence-corrected chi connectivity index (χ3v) is 3.73. The molecule has 2 rings (SSSR count). The molecule has 2 N–H and O–H groups in total. The summed E-state index contributed by atoms with van der Waals surface area (Å²) >= 11 is 0. The van der Waals surface area contributed by atoms with Gasteiger partial charge in [-0.05, 0) is 37.7 Å². The topological polar surface area (TPSA) is 49.3 Å². The second-order valence-corrected chi connectivity index (χ2v) is 5.33. The lowest BCUT2D eigenvalue weighted by molar-refractivity contribution is -0.121. The monoisotopic (exact) mass is 273 g/mol. The molecule has 0 fully saturated rings. The predicted molar refractivity (Wildman–Crippen MR) is 80.2 cm³/mol. The van der Waals surface area contributed by atoms with E-state index in [1.54, 1.807) is 0 Å². The average Bonchev–Trinajstić information content (AvgIpc) is 2.49. The normalized spacial score (nSPS) is 16.4. The number of carbonyl (C=O) groups excluding carboxylic acids is 1. The molecule has 0 saturated heterocycles. The van der Waals surface area contributed by atoms with E-state index in [0.717, 1.165) is 18.4 Å². The molecule has 1 aliphatic carbocycles. The molecule has 1 aromatic rings. The van der Waals surface area contributed by atoms with Crippen molar-refractivity contribution in [2.75, 3.05) is 6.61 Å². The Morgan fingerprint density at radius 2 is 2.05 bits per heavy atom. The van der Waals surface area contributed by atoms with Crippen molar-refractivity contribution in [2.45, 2.75) is 44.6 Å². The number of hydrogen-bond acceptors (Lipinski definition) is 2. The Balaban J connectivity index is 1.94. The fourth-order valence-corrected chi connectivity index (χ4v) is 2.65. The molecule has 1 aromatic carbocycles. The predicted octanol–water partition coefficient (Wildman–Crippen LogP) is 3.12. The minimum atomic E-state index is -0.0992. The highest BCUT2D eigenvalue weighted by molar-refractivity contribution is 5.79. The molecule has 0 heterocycles. The van der Waals surface area contributed by atoms with Gasteiger partial charge in [-0.3, -0.25) is 4.79 Å². The number of nitrogens with one attached hydrogen (secondary N) is 1. The summed E-state index contributed by atoms with van der Waals surface area (Å²) in [6, 6.07) is 9.73. The Morgan fingerprint density at radius 3 is 2.70 bits per heavy atom. The van der Waals surface area contributed by atoms with Gasteiger partial charge in [0.05, 0.1) is 6.04 Å². The number of benzene rings is 1. The van der Waals surface area contributed by atoms with Gasteiger partial charge in [-0.2, -0.15) is 0 Å². The van der Waals surface area contributed by atoms with Gasteiger partial charge in [0.2, 0.25) is 5.91 Å². The fourth-order valence-electron chi connectivity index (χ4n) is 2.65. The lowest BCUT2D eigenvalue weighted by atomic mass is 9.96. The third kappa shape index (κ3) is 4.49. The smallest absolute Gasteiger partial charge is 0.224 e. The molecule has 0 radical (unpaired) electrons. The van der Waals surface area contributed by atoms with Crippen LogP contribution >= 0.6 is 0 Å². The van der Waals surface area contributed by atoms with Gasteiger partial charge < -0.3 is 10.4 Å². The van der Waals surface area contributed by atoms with E-state index in [1.807, 2.05) is 30.3 Å². The van der Waals surface area contributed by atoms with Crippen LogP contribution < -0.4 is 5.32 Å². The van der Waals surface area contributed by atoms with Crippen molar-refractivity contribution in [1.82, 2.24) is 5.32 Å². The number of hydrogen-bond donors (Lipinski definition) is 2. The molecule has 3 heteroatoms. The van der Waals surface area contributed by atoms with Crippen molar-refractivity contribution >= 4 is 5.91 Å². The summed E-state index contributed by atoms with van der Waals surface area (Å²) in [6.07, 6.45) is 7.82. The molecule has 3 nitrogen and oxygen atoms in total. The van der Waals surface area contributed by atoms with Gasteiger partial charge >= 0.3 is 0 Å². The molecule has 1 unspecified atom stereocenters. The van der Waals surface area contributed by atoms with E-state index in [9.17, 15) is 4.79 Å².